The number of nitrogens with zero attached hydrogens (tertiary/aromatic N) is 2. The fraction of sp³-hybridized carbons (Fsp3) is 0.900. The van der Waals surface area contributed by atoms with E-state index in [0.717, 1.165) is 19.6 Å². The van der Waals surface area contributed by atoms with Gasteiger partial charge in [0.25, 0.3) is 0 Å². The molecule has 0 saturated carbocycles. The van der Waals surface area contributed by atoms with E-state index in [1.165, 1.54) is 19.3 Å². The van der Waals surface area contributed by atoms with Crippen LogP contribution in [0.5, 0.6) is 0 Å². The van der Waals surface area contributed by atoms with Gasteiger partial charge in [0.2, 0.25) is 0 Å². The molecule has 3 heteroatoms. The van der Waals surface area contributed by atoms with E-state index in [2.05, 4.69) is 23.2 Å². The van der Waals surface area contributed by atoms with Crippen LogP contribution < -0.4 is 5.32 Å². The summed E-state index contributed by atoms with van der Waals surface area (Å²) < 4.78 is 0. The summed E-state index contributed by atoms with van der Waals surface area (Å²) in [4.78, 5) is 2.30. The highest BCUT2D eigenvalue weighted by atomic mass is 15.2. The van der Waals surface area contributed by atoms with Gasteiger partial charge in [0, 0.05) is 12.6 Å². The van der Waals surface area contributed by atoms with E-state index < -0.39 is 0 Å². The molecule has 1 heterocycles. The number of piperidine rings is 1. The van der Waals surface area contributed by atoms with Crippen LogP contribution in [0.4, 0.5) is 0 Å². The molecule has 0 aromatic heterocycles. The third-order valence-corrected chi connectivity index (χ3v) is 2.65. The number of nitriles is 1. The number of hydrogen-bond acceptors (Lipinski definition) is 3. The molecule has 0 bridgehead atoms. The average Bonchev–Trinajstić information content (AvgIpc) is 2.17. The largest absolute Gasteiger partial charge is 0.315 e. The van der Waals surface area contributed by atoms with Crippen molar-refractivity contribution < 1.29 is 0 Å². The molecule has 1 aliphatic rings. The Morgan fingerprint density at radius 3 is 3.08 bits per heavy atom. The molecule has 1 aliphatic heterocycles. The van der Waals surface area contributed by atoms with Crippen molar-refractivity contribution in [1.82, 2.24) is 10.2 Å². The molecular formula is C10H19N3. The van der Waals surface area contributed by atoms with Crippen molar-refractivity contribution in [3.05, 3.63) is 0 Å². The van der Waals surface area contributed by atoms with E-state index in [0.29, 0.717) is 12.6 Å². The predicted octanol–water partition coefficient (Wildman–Crippen LogP) is 0.974. The summed E-state index contributed by atoms with van der Waals surface area (Å²) in [7, 11) is 0. The molecule has 1 saturated heterocycles. The summed E-state index contributed by atoms with van der Waals surface area (Å²) in [6.45, 7) is 5.88. The second-order valence-electron chi connectivity index (χ2n) is 3.59. The van der Waals surface area contributed by atoms with Crippen LogP contribution >= 0.6 is 0 Å². The zero-order chi connectivity index (χ0) is 9.52. The first-order chi connectivity index (χ1) is 6.38. The van der Waals surface area contributed by atoms with E-state index >= 15 is 0 Å². The lowest BCUT2D eigenvalue weighted by atomic mass is 10.0. The van der Waals surface area contributed by atoms with Gasteiger partial charge in [-0.3, -0.25) is 4.90 Å². The lowest BCUT2D eigenvalue weighted by Crippen LogP contribution is -2.45. The molecule has 1 atom stereocenters. The lowest BCUT2D eigenvalue weighted by molar-refractivity contribution is 0.164. The average molecular weight is 181 g/mol. The van der Waals surface area contributed by atoms with Gasteiger partial charge < -0.3 is 5.32 Å². The van der Waals surface area contributed by atoms with Gasteiger partial charge >= 0.3 is 0 Å². The standard InChI is InChI=1S/C10H19N3/c1-2-12-9-10-5-3-4-7-13(10)8-6-11/h10,12H,2-5,7-9H2,1H3. The first-order valence-electron chi connectivity index (χ1n) is 5.20. The second-order valence-corrected chi connectivity index (χ2v) is 3.59. The van der Waals surface area contributed by atoms with Crippen molar-refractivity contribution in [3.8, 4) is 6.07 Å². The molecule has 1 rings (SSSR count). The molecule has 13 heavy (non-hydrogen) atoms. The summed E-state index contributed by atoms with van der Waals surface area (Å²) in [5.74, 6) is 0. The van der Waals surface area contributed by atoms with Crippen molar-refractivity contribution in [2.75, 3.05) is 26.2 Å². The molecule has 3 nitrogen and oxygen atoms in total. The van der Waals surface area contributed by atoms with Crippen LogP contribution in [0, 0.1) is 11.3 Å². The predicted molar refractivity (Wildman–Crippen MR) is 53.4 cm³/mol. The van der Waals surface area contributed by atoms with Gasteiger partial charge in [0.1, 0.15) is 0 Å². The van der Waals surface area contributed by atoms with Gasteiger partial charge in [0.05, 0.1) is 12.6 Å². The van der Waals surface area contributed by atoms with Gasteiger partial charge in [0.15, 0.2) is 0 Å². The number of likely N-dealkylation sites (N-methyl/N-ethyl adjacent to an activating group) is 1. The van der Waals surface area contributed by atoms with Crippen molar-refractivity contribution >= 4 is 0 Å². The normalized spacial score (nSPS) is 24.2. The fourth-order valence-corrected chi connectivity index (χ4v) is 1.90. The van der Waals surface area contributed by atoms with Gasteiger partial charge in [-0.1, -0.05) is 13.3 Å². The molecule has 0 aromatic rings. The quantitative estimate of drug-likeness (QED) is 0.657. The maximum Gasteiger partial charge on any atom is 0.0868 e. The molecule has 0 amide bonds. The van der Waals surface area contributed by atoms with Crippen LogP contribution in [0.15, 0.2) is 0 Å². The molecule has 74 valence electrons. The molecular weight excluding hydrogens is 162 g/mol. The summed E-state index contributed by atoms with van der Waals surface area (Å²) in [5.41, 5.74) is 0. The Morgan fingerprint density at radius 1 is 1.54 bits per heavy atom. The van der Waals surface area contributed by atoms with Crippen LogP contribution in [0.3, 0.4) is 0 Å². The molecule has 0 spiro atoms. The summed E-state index contributed by atoms with van der Waals surface area (Å²) in [5, 5.41) is 12.0. The van der Waals surface area contributed by atoms with Crippen LogP contribution in [0.2, 0.25) is 0 Å². The number of nitrogens with one attached hydrogen (secondary N) is 1. The van der Waals surface area contributed by atoms with Crippen molar-refractivity contribution in [3.63, 3.8) is 0 Å². The Balaban J connectivity index is 2.33. The second kappa shape index (κ2) is 5.95. The number of rotatable bonds is 4. The first-order valence-corrected chi connectivity index (χ1v) is 5.20. The zero-order valence-electron chi connectivity index (χ0n) is 8.42. The Bertz CT molecular complexity index is 173. The molecule has 0 aliphatic carbocycles. The summed E-state index contributed by atoms with van der Waals surface area (Å²) in [6.07, 6.45) is 3.82. The van der Waals surface area contributed by atoms with Crippen molar-refractivity contribution in [2.45, 2.75) is 32.2 Å². The Hall–Kier alpha value is -0.590. The number of hydrogen-bond donors (Lipinski definition) is 1. The topological polar surface area (TPSA) is 39.1 Å². The molecule has 1 unspecified atom stereocenters. The first kappa shape index (κ1) is 10.5. The van der Waals surface area contributed by atoms with Gasteiger partial charge in [-0.05, 0) is 25.9 Å². The maximum absolute atomic E-state index is 8.65. The van der Waals surface area contributed by atoms with Crippen LogP contribution in [-0.2, 0) is 0 Å². The number of likely N-dealkylation sites (tertiary alicyclic amines) is 1. The third kappa shape index (κ3) is 3.33. The maximum atomic E-state index is 8.65. The Kier molecular flexibility index (Phi) is 4.81. The molecule has 0 radical (unpaired) electrons. The Labute approximate surface area is 80.7 Å². The van der Waals surface area contributed by atoms with Gasteiger partial charge in [-0.15, -0.1) is 0 Å². The Morgan fingerprint density at radius 2 is 2.38 bits per heavy atom. The fourth-order valence-electron chi connectivity index (χ4n) is 1.90. The third-order valence-electron chi connectivity index (χ3n) is 2.65. The highest BCUT2D eigenvalue weighted by Gasteiger charge is 2.20. The van der Waals surface area contributed by atoms with Gasteiger partial charge in [-0.2, -0.15) is 5.26 Å². The minimum atomic E-state index is 0.591. The van der Waals surface area contributed by atoms with Crippen molar-refractivity contribution in [1.29, 1.82) is 5.26 Å². The minimum Gasteiger partial charge on any atom is -0.315 e. The summed E-state index contributed by atoms with van der Waals surface area (Å²) in [6, 6.07) is 2.83. The van der Waals surface area contributed by atoms with Crippen LogP contribution in [-0.4, -0.2) is 37.1 Å². The summed E-state index contributed by atoms with van der Waals surface area (Å²) >= 11 is 0. The molecule has 0 aromatic carbocycles. The molecule has 1 N–H and O–H groups in total. The lowest BCUT2D eigenvalue weighted by Gasteiger charge is -2.33. The monoisotopic (exact) mass is 181 g/mol. The minimum absolute atomic E-state index is 0.591. The van der Waals surface area contributed by atoms with E-state index in [-0.39, 0.29) is 0 Å². The van der Waals surface area contributed by atoms with Crippen molar-refractivity contribution in [2.24, 2.45) is 0 Å². The smallest absolute Gasteiger partial charge is 0.0868 e. The zero-order valence-corrected chi connectivity index (χ0v) is 8.42. The highest BCUT2D eigenvalue weighted by Crippen LogP contribution is 2.15. The van der Waals surface area contributed by atoms with E-state index in [4.69, 9.17) is 5.26 Å². The van der Waals surface area contributed by atoms with Crippen LogP contribution in [0.1, 0.15) is 26.2 Å². The van der Waals surface area contributed by atoms with E-state index in [1.807, 2.05) is 0 Å². The van der Waals surface area contributed by atoms with E-state index in [9.17, 15) is 0 Å². The van der Waals surface area contributed by atoms with Gasteiger partial charge in [-0.25, -0.2) is 0 Å². The SMILES string of the molecule is CCNCC1CCCCN1CC#N. The van der Waals surface area contributed by atoms with Crippen LogP contribution in [0.25, 0.3) is 0 Å². The van der Waals surface area contributed by atoms with E-state index in [1.54, 1.807) is 0 Å². The highest BCUT2D eigenvalue weighted by molar-refractivity contribution is 4.85. The molecule has 1 fully saturated rings.